The van der Waals surface area contributed by atoms with Crippen molar-refractivity contribution in [3.8, 4) is 0 Å². The number of methoxy groups -OCH3 is 1. The van der Waals surface area contributed by atoms with Crippen molar-refractivity contribution in [2.75, 3.05) is 25.6 Å². The molecule has 96 valence electrons. The number of fused-ring (bicyclic) bond motifs is 1. The highest BCUT2D eigenvalue weighted by atomic mass is 79.9. The van der Waals surface area contributed by atoms with Gasteiger partial charge < -0.3 is 10.1 Å². The van der Waals surface area contributed by atoms with Crippen LogP contribution in [0.5, 0.6) is 0 Å². The van der Waals surface area contributed by atoms with Gasteiger partial charge in [0.2, 0.25) is 0 Å². The van der Waals surface area contributed by atoms with E-state index in [2.05, 4.69) is 57.6 Å². The summed E-state index contributed by atoms with van der Waals surface area (Å²) in [6, 6.07) is 12.8. The first-order chi connectivity index (χ1) is 8.79. The number of benzene rings is 2. The van der Waals surface area contributed by atoms with Crippen LogP contribution in [0.4, 0.5) is 5.69 Å². The first-order valence-corrected chi connectivity index (χ1v) is 7.01. The lowest BCUT2D eigenvalue weighted by Gasteiger charge is -2.07. The molecule has 0 unspecified atom stereocenters. The molecular weight excluding hydrogens is 290 g/mol. The maximum atomic E-state index is 5.03. The van der Waals surface area contributed by atoms with E-state index in [0.717, 1.165) is 30.5 Å². The molecule has 3 heteroatoms. The second-order valence-corrected chi connectivity index (χ2v) is 5.25. The van der Waals surface area contributed by atoms with Crippen molar-refractivity contribution >= 4 is 32.4 Å². The van der Waals surface area contributed by atoms with E-state index >= 15 is 0 Å². The van der Waals surface area contributed by atoms with E-state index in [9.17, 15) is 0 Å². The Morgan fingerprint density at radius 2 is 1.83 bits per heavy atom. The number of halogens is 1. The predicted molar refractivity (Wildman–Crippen MR) is 81.2 cm³/mol. The van der Waals surface area contributed by atoms with Crippen molar-refractivity contribution in [3.63, 3.8) is 0 Å². The second-order valence-electron chi connectivity index (χ2n) is 4.33. The summed E-state index contributed by atoms with van der Waals surface area (Å²) in [5.74, 6) is 0. The van der Waals surface area contributed by atoms with E-state index in [0.29, 0.717) is 0 Å². The molecule has 2 nitrogen and oxygen atoms in total. The molecule has 0 atom stereocenters. The molecule has 0 radical (unpaired) electrons. The molecule has 0 bridgehead atoms. The summed E-state index contributed by atoms with van der Waals surface area (Å²) in [5.41, 5.74) is 1.18. The molecule has 0 aliphatic rings. The molecule has 0 spiro atoms. The summed E-state index contributed by atoms with van der Waals surface area (Å²) >= 11 is 3.49. The Kier molecular flexibility index (Phi) is 5.02. The summed E-state index contributed by atoms with van der Waals surface area (Å²) in [4.78, 5) is 0. The summed E-state index contributed by atoms with van der Waals surface area (Å²) in [6.07, 6.45) is 2.23. The third kappa shape index (κ3) is 3.72. The van der Waals surface area contributed by atoms with Crippen LogP contribution >= 0.6 is 15.9 Å². The van der Waals surface area contributed by atoms with Gasteiger partial charge in [-0.3, -0.25) is 0 Å². The topological polar surface area (TPSA) is 21.3 Å². The Labute approximate surface area is 116 Å². The van der Waals surface area contributed by atoms with Gasteiger partial charge in [-0.2, -0.15) is 0 Å². The number of hydrogen-bond donors (Lipinski definition) is 1. The normalized spacial score (nSPS) is 10.8. The fraction of sp³-hybridized carbons (Fsp3) is 0.333. The van der Waals surface area contributed by atoms with Crippen LogP contribution in [0.3, 0.4) is 0 Å². The number of rotatable bonds is 6. The Morgan fingerprint density at radius 3 is 2.67 bits per heavy atom. The van der Waals surface area contributed by atoms with Gasteiger partial charge in [-0.25, -0.2) is 0 Å². The molecule has 2 rings (SSSR count). The SMILES string of the molecule is COCCCCNc1ccc2cc(Br)ccc2c1. The minimum Gasteiger partial charge on any atom is -0.385 e. The second kappa shape index (κ2) is 6.76. The third-order valence-corrected chi connectivity index (χ3v) is 3.40. The molecule has 0 aliphatic heterocycles. The maximum absolute atomic E-state index is 5.03. The average Bonchev–Trinajstić information content (AvgIpc) is 2.38. The fourth-order valence-electron chi connectivity index (χ4n) is 1.93. The molecule has 1 N–H and O–H groups in total. The lowest BCUT2D eigenvalue weighted by atomic mass is 10.1. The van der Waals surface area contributed by atoms with Gasteiger partial charge >= 0.3 is 0 Å². The lowest BCUT2D eigenvalue weighted by molar-refractivity contribution is 0.194. The van der Waals surface area contributed by atoms with Gasteiger partial charge in [0.15, 0.2) is 0 Å². The Bertz CT molecular complexity index is 513. The molecule has 18 heavy (non-hydrogen) atoms. The zero-order valence-electron chi connectivity index (χ0n) is 10.6. The molecular formula is C15H18BrNO. The van der Waals surface area contributed by atoms with Crippen LogP contribution in [0, 0.1) is 0 Å². The van der Waals surface area contributed by atoms with Crippen LogP contribution < -0.4 is 5.32 Å². The zero-order valence-corrected chi connectivity index (χ0v) is 12.2. The lowest BCUT2D eigenvalue weighted by Crippen LogP contribution is -2.02. The van der Waals surface area contributed by atoms with Crippen LogP contribution in [-0.4, -0.2) is 20.3 Å². The first kappa shape index (κ1) is 13.4. The van der Waals surface area contributed by atoms with Crippen molar-refractivity contribution in [2.45, 2.75) is 12.8 Å². The molecule has 0 heterocycles. The number of hydrogen-bond acceptors (Lipinski definition) is 2. The monoisotopic (exact) mass is 307 g/mol. The number of anilines is 1. The van der Waals surface area contributed by atoms with Crippen LogP contribution in [0.1, 0.15) is 12.8 Å². The molecule has 0 aromatic heterocycles. The van der Waals surface area contributed by atoms with Gasteiger partial charge in [0, 0.05) is 30.4 Å². The number of nitrogens with one attached hydrogen (secondary N) is 1. The minimum absolute atomic E-state index is 0.841. The van der Waals surface area contributed by atoms with E-state index in [1.807, 2.05) is 0 Å². The molecule has 0 fully saturated rings. The Balaban J connectivity index is 1.95. The predicted octanol–water partition coefficient (Wildman–Crippen LogP) is 4.44. The fourth-order valence-corrected chi connectivity index (χ4v) is 2.31. The van der Waals surface area contributed by atoms with E-state index < -0.39 is 0 Å². The highest BCUT2D eigenvalue weighted by molar-refractivity contribution is 9.10. The van der Waals surface area contributed by atoms with E-state index in [1.54, 1.807) is 7.11 Å². The van der Waals surface area contributed by atoms with Gasteiger partial charge in [-0.15, -0.1) is 0 Å². The highest BCUT2D eigenvalue weighted by Crippen LogP contribution is 2.22. The van der Waals surface area contributed by atoms with Crippen molar-refractivity contribution in [2.24, 2.45) is 0 Å². The van der Waals surface area contributed by atoms with Gasteiger partial charge in [0.05, 0.1) is 0 Å². The smallest absolute Gasteiger partial charge is 0.0462 e. The zero-order chi connectivity index (χ0) is 12.8. The first-order valence-electron chi connectivity index (χ1n) is 6.22. The van der Waals surface area contributed by atoms with E-state index in [-0.39, 0.29) is 0 Å². The molecule has 0 aliphatic carbocycles. The van der Waals surface area contributed by atoms with Gasteiger partial charge in [-0.1, -0.05) is 28.1 Å². The van der Waals surface area contributed by atoms with Crippen molar-refractivity contribution in [3.05, 3.63) is 40.9 Å². The van der Waals surface area contributed by atoms with Crippen molar-refractivity contribution in [1.29, 1.82) is 0 Å². The number of ether oxygens (including phenoxy) is 1. The molecule has 0 saturated heterocycles. The molecule has 2 aromatic carbocycles. The standard InChI is InChI=1S/C15H18BrNO/c1-18-9-3-2-8-17-15-7-5-12-10-14(16)6-4-13(12)11-15/h4-7,10-11,17H,2-3,8-9H2,1H3. The average molecular weight is 308 g/mol. The van der Waals surface area contributed by atoms with E-state index in [1.165, 1.54) is 16.5 Å². The maximum Gasteiger partial charge on any atom is 0.0462 e. The van der Waals surface area contributed by atoms with Crippen LogP contribution in [0.2, 0.25) is 0 Å². The van der Waals surface area contributed by atoms with Crippen LogP contribution in [-0.2, 0) is 4.74 Å². The van der Waals surface area contributed by atoms with E-state index in [4.69, 9.17) is 4.74 Å². The van der Waals surface area contributed by atoms with Gasteiger partial charge in [0.1, 0.15) is 0 Å². The summed E-state index contributed by atoms with van der Waals surface area (Å²) in [5, 5.41) is 5.97. The summed E-state index contributed by atoms with van der Waals surface area (Å²) in [7, 11) is 1.74. The van der Waals surface area contributed by atoms with Crippen molar-refractivity contribution < 1.29 is 4.74 Å². The van der Waals surface area contributed by atoms with Crippen LogP contribution in [0.25, 0.3) is 10.8 Å². The summed E-state index contributed by atoms with van der Waals surface area (Å²) in [6.45, 7) is 1.83. The third-order valence-electron chi connectivity index (χ3n) is 2.91. The largest absolute Gasteiger partial charge is 0.385 e. The Hall–Kier alpha value is -1.06. The number of unbranched alkanes of at least 4 members (excludes halogenated alkanes) is 1. The quantitative estimate of drug-likeness (QED) is 0.797. The van der Waals surface area contributed by atoms with Crippen LogP contribution in [0.15, 0.2) is 40.9 Å². The molecule has 0 amide bonds. The minimum atomic E-state index is 0.841. The molecule has 0 saturated carbocycles. The van der Waals surface area contributed by atoms with Crippen molar-refractivity contribution in [1.82, 2.24) is 0 Å². The highest BCUT2D eigenvalue weighted by Gasteiger charge is 1.97. The van der Waals surface area contributed by atoms with Gasteiger partial charge in [0.25, 0.3) is 0 Å². The van der Waals surface area contributed by atoms with Gasteiger partial charge in [-0.05, 0) is 47.9 Å². The summed E-state index contributed by atoms with van der Waals surface area (Å²) < 4.78 is 6.15. The Morgan fingerprint density at radius 1 is 1.06 bits per heavy atom. The molecule has 2 aromatic rings.